The van der Waals surface area contributed by atoms with Crippen molar-refractivity contribution in [2.75, 3.05) is 6.54 Å². The fourth-order valence-corrected chi connectivity index (χ4v) is 3.26. The third-order valence-electron chi connectivity index (χ3n) is 4.56. The molecule has 0 spiro atoms. The molecule has 7 heteroatoms. The number of hydrogen-bond donors (Lipinski definition) is 1. The highest BCUT2D eigenvalue weighted by molar-refractivity contribution is 6.44. The summed E-state index contributed by atoms with van der Waals surface area (Å²) in [5.41, 5.74) is 1.85. The average Bonchev–Trinajstić information content (AvgIpc) is 2.98. The molecule has 0 saturated carbocycles. The molecule has 26 heavy (non-hydrogen) atoms. The number of aryl methyl sites for hydroxylation is 3. The van der Waals surface area contributed by atoms with Crippen molar-refractivity contribution in [2.45, 2.75) is 33.6 Å². The van der Waals surface area contributed by atoms with E-state index in [1.807, 2.05) is 26.0 Å². The number of nitrogens with one attached hydrogen (secondary N) is 1. The first kappa shape index (κ1) is 17.8. The molecular formula is C19H23N4O3+. The molecule has 2 amide bonds. The van der Waals surface area contributed by atoms with Crippen molar-refractivity contribution in [3.05, 3.63) is 51.7 Å². The zero-order valence-electron chi connectivity index (χ0n) is 15.5. The number of carbonyl (C=O) groups excluding carboxylic acids is 2. The van der Waals surface area contributed by atoms with Gasteiger partial charge in [0.05, 0.1) is 5.56 Å². The smallest absolute Gasteiger partial charge is 0.300 e. The second kappa shape index (κ2) is 6.74. The number of unbranched alkanes of at least 4 members (excludes halogenated alkanes) is 1. The lowest BCUT2D eigenvalue weighted by atomic mass is 10.1. The Kier molecular flexibility index (Phi) is 4.63. The Morgan fingerprint density at radius 2 is 1.88 bits per heavy atom. The van der Waals surface area contributed by atoms with Crippen LogP contribution in [0.25, 0.3) is 11.3 Å². The minimum absolute atomic E-state index is 0.168. The van der Waals surface area contributed by atoms with Gasteiger partial charge in [-0.05, 0) is 26.3 Å². The van der Waals surface area contributed by atoms with Gasteiger partial charge in [-0.2, -0.15) is 4.57 Å². The molecule has 136 valence electrons. The molecule has 0 atom stereocenters. The fourth-order valence-electron chi connectivity index (χ4n) is 3.26. The number of pyridine rings is 1. The minimum atomic E-state index is -0.410. The third kappa shape index (κ3) is 2.79. The van der Waals surface area contributed by atoms with Crippen LogP contribution in [0.2, 0.25) is 0 Å². The maximum atomic E-state index is 13.1. The van der Waals surface area contributed by atoms with E-state index in [2.05, 4.69) is 5.10 Å². The average molecular weight is 355 g/mol. The van der Waals surface area contributed by atoms with Crippen molar-refractivity contribution in [1.82, 2.24) is 14.7 Å². The van der Waals surface area contributed by atoms with Gasteiger partial charge in [0.1, 0.15) is 5.57 Å². The lowest BCUT2D eigenvalue weighted by molar-refractivity contribution is -0.577. The summed E-state index contributed by atoms with van der Waals surface area (Å²) in [5.74, 6) is -0.774. The van der Waals surface area contributed by atoms with Crippen LogP contribution in [0.3, 0.4) is 0 Å². The summed E-state index contributed by atoms with van der Waals surface area (Å²) in [6, 6.07) is 3.72. The van der Waals surface area contributed by atoms with Gasteiger partial charge in [0.15, 0.2) is 12.4 Å². The molecule has 0 aromatic carbocycles. The van der Waals surface area contributed by atoms with Crippen LogP contribution in [0, 0.1) is 13.8 Å². The monoisotopic (exact) mass is 355 g/mol. The van der Waals surface area contributed by atoms with Gasteiger partial charge in [0.25, 0.3) is 17.2 Å². The molecule has 0 radical (unpaired) electrons. The van der Waals surface area contributed by atoms with Gasteiger partial charge in [-0.25, -0.2) is 0 Å². The van der Waals surface area contributed by atoms with Crippen molar-refractivity contribution in [2.24, 2.45) is 7.05 Å². The van der Waals surface area contributed by atoms with Crippen molar-refractivity contribution < 1.29 is 14.2 Å². The Bertz CT molecular complexity index is 981. The van der Waals surface area contributed by atoms with E-state index >= 15 is 0 Å². The van der Waals surface area contributed by atoms with Crippen LogP contribution in [0.5, 0.6) is 0 Å². The van der Waals surface area contributed by atoms with Crippen molar-refractivity contribution in [1.29, 1.82) is 0 Å². The van der Waals surface area contributed by atoms with Gasteiger partial charge in [-0.15, -0.1) is 0 Å². The van der Waals surface area contributed by atoms with Crippen LogP contribution in [-0.4, -0.2) is 33.0 Å². The summed E-state index contributed by atoms with van der Waals surface area (Å²) in [6.45, 7) is 5.99. The maximum Gasteiger partial charge on any atom is 0.326 e. The first-order valence-electron chi connectivity index (χ1n) is 8.71. The molecular weight excluding hydrogens is 332 g/mol. The highest BCUT2D eigenvalue weighted by Crippen LogP contribution is 2.29. The zero-order chi connectivity index (χ0) is 19.0. The highest BCUT2D eigenvalue weighted by atomic mass is 16.2. The van der Waals surface area contributed by atoms with Gasteiger partial charge in [-0.1, -0.05) is 13.3 Å². The fraction of sp³-hybridized carbons (Fsp3) is 0.368. The van der Waals surface area contributed by atoms with Gasteiger partial charge in [0.2, 0.25) is 0 Å². The Labute approximate surface area is 151 Å². The number of nitrogens with zero attached hydrogens (tertiary/aromatic N) is 3. The molecule has 1 N–H and O–H groups in total. The number of imide groups is 1. The number of rotatable bonds is 5. The van der Waals surface area contributed by atoms with Gasteiger partial charge in [0, 0.05) is 30.9 Å². The third-order valence-corrected chi connectivity index (χ3v) is 4.56. The molecule has 0 unspecified atom stereocenters. The standard InChI is InChI=1S/C19H22N4O3/c1-5-6-10-23-18(25)15(14-13(3)20-21(4)17(14)24)16(19(23)26)22-9-7-8-12(2)11-22/h7-9,11H,5-6,10H2,1-4H3/p+1. The number of aromatic nitrogens is 3. The number of H-pyrrole nitrogens is 1. The molecule has 2 aromatic heterocycles. The maximum absolute atomic E-state index is 13.1. The quantitative estimate of drug-likeness (QED) is 0.646. The van der Waals surface area contributed by atoms with Crippen LogP contribution >= 0.6 is 0 Å². The normalized spacial score (nSPS) is 14.7. The van der Waals surface area contributed by atoms with E-state index in [4.69, 9.17) is 0 Å². The van der Waals surface area contributed by atoms with E-state index in [9.17, 15) is 14.4 Å². The summed E-state index contributed by atoms with van der Waals surface area (Å²) in [7, 11) is 1.59. The Balaban J connectivity index is 2.26. The van der Waals surface area contributed by atoms with E-state index in [1.165, 1.54) is 9.58 Å². The van der Waals surface area contributed by atoms with Crippen LogP contribution in [0.1, 0.15) is 36.6 Å². The van der Waals surface area contributed by atoms with E-state index in [-0.39, 0.29) is 28.3 Å². The van der Waals surface area contributed by atoms with Crippen LogP contribution in [0.15, 0.2) is 29.3 Å². The summed E-state index contributed by atoms with van der Waals surface area (Å²) in [6.07, 6.45) is 5.10. The second-order valence-corrected chi connectivity index (χ2v) is 6.60. The Hall–Kier alpha value is -2.96. The molecule has 0 aliphatic carbocycles. The molecule has 3 heterocycles. The topological polar surface area (TPSA) is 79.1 Å². The van der Waals surface area contributed by atoms with Crippen LogP contribution in [-0.2, 0) is 16.6 Å². The number of hydrogen-bond acceptors (Lipinski definition) is 3. The van der Waals surface area contributed by atoms with Crippen molar-refractivity contribution >= 4 is 23.1 Å². The molecule has 2 aromatic rings. The molecule has 1 aliphatic rings. The van der Waals surface area contributed by atoms with Crippen LogP contribution in [0.4, 0.5) is 0 Å². The zero-order valence-corrected chi connectivity index (χ0v) is 15.5. The number of amides is 2. The number of carbonyl (C=O) groups is 2. The Morgan fingerprint density at radius 3 is 2.46 bits per heavy atom. The van der Waals surface area contributed by atoms with E-state index in [0.29, 0.717) is 12.2 Å². The lowest BCUT2D eigenvalue weighted by Crippen LogP contribution is -2.40. The molecule has 0 saturated heterocycles. The van der Waals surface area contributed by atoms with Gasteiger partial charge < -0.3 is 0 Å². The van der Waals surface area contributed by atoms with Crippen LogP contribution < -0.4 is 10.1 Å². The van der Waals surface area contributed by atoms with E-state index < -0.39 is 5.91 Å². The molecule has 7 nitrogen and oxygen atoms in total. The van der Waals surface area contributed by atoms with Crippen molar-refractivity contribution in [3.63, 3.8) is 0 Å². The largest absolute Gasteiger partial charge is 0.326 e. The molecule has 1 aliphatic heterocycles. The first-order chi connectivity index (χ1) is 12.4. The molecule has 3 rings (SSSR count). The molecule has 0 fully saturated rings. The first-order valence-corrected chi connectivity index (χ1v) is 8.71. The van der Waals surface area contributed by atoms with Gasteiger partial charge >= 0.3 is 5.91 Å². The predicted molar refractivity (Wildman–Crippen MR) is 96.9 cm³/mol. The summed E-state index contributed by atoms with van der Waals surface area (Å²) < 4.78 is 2.96. The van der Waals surface area contributed by atoms with Gasteiger partial charge in [-0.3, -0.25) is 29.1 Å². The Morgan fingerprint density at radius 1 is 1.15 bits per heavy atom. The minimum Gasteiger partial charge on any atom is -0.300 e. The molecule has 0 bridgehead atoms. The predicted octanol–water partition coefficient (Wildman–Crippen LogP) is 1.15. The summed E-state index contributed by atoms with van der Waals surface area (Å²) in [4.78, 5) is 40.0. The SMILES string of the molecule is CCCCN1C(=O)C(c2c(C)[nH]n(C)c2=O)=C([n+]2cccc(C)c2)C1=O. The second-order valence-electron chi connectivity index (χ2n) is 6.60. The highest BCUT2D eigenvalue weighted by Gasteiger charge is 2.46. The lowest BCUT2D eigenvalue weighted by Gasteiger charge is -2.12. The summed E-state index contributed by atoms with van der Waals surface area (Å²) >= 11 is 0. The number of aromatic amines is 1. The summed E-state index contributed by atoms with van der Waals surface area (Å²) in [5, 5.41) is 2.91. The van der Waals surface area contributed by atoms with E-state index in [0.717, 1.165) is 18.4 Å². The van der Waals surface area contributed by atoms with Crippen molar-refractivity contribution in [3.8, 4) is 0 Å². The van der Waals surface area contributed by atoms with E-state index in [1.54, 1.807) is 30.9 Å².